The molecule has 0 bridgehead atoms. The summed E-state index contributed by atoms with van der Waals surface area (Å²) >= 11 is 0. The van der Waals surface area contributed by atoms with Crippen LogP contribution in [0.2, 0.25) is 0 Å². The lowest BCUT2D eigenvalue weighted by atomic mass is 10.2. The molecule has 0 atom stereocenters. The summed E-state index contributed by atoms with van der Waals surface area (Å²) in [6.45, 7) is 0. The average Bonchev–Trinajstić information content (AvgIpc) is 2.66. The fraction of sp³-hybridized carbons (Fsp3) is 0. The van der Waals surface area contributed by atoms with E-state index in [1.807, 2.05) is 30.5 Å². The second-order valence-electron chi connectivity index (χ2n) is 3.45. The molecule has 0 spiro atoms. The van der Waals surface area contributed by atoms with Crippen LogP contribution in [0.3, 0.4) is 0 Å². The number of nitrogens with two attached hydrogens (primary N) is 1. The van der Waals surface area contributed by atoms with Crippen molar-refractivity contribution in [1.29, 1.82) is 0 Å². The van der Waals surface area contributed by atoms with Crippen molar-refractivity contribution in [3.05, 3.63) is 36.7 Å². The molecule has 1 aromatic carbocycles. The lowest BCUT2D eigenvalue weighted by Crippen LogP contribution is -2.05. The smallest absolute Gasteiger partial charge is 0.0506 e. The lowest BCUT2D eigenvalue weighted by Gasteiger charge is -1.98. The Morgan fingerprint density at radius 3 is 2.93 bits per heavy atom. The molecular formula is C11H10N4. The monoisotopic (exact) mass is 198 g/mol. The van der Waals surface area contributed by atoms with Gasteiger partial charge in [0.25, 0.3) is 0 Å². The van der Waals surface area contributed by atoms with Gasteiger partial charge in [0, 0.05) is 34.2 Å². The number of hydrogen-bond acceptors (Lipinski definition) is 3. The van der Waals surface area contributed by atoms with Crippen molar-refractivity contribution >= 4 is 27.5 Å². The van der Waals surface area contributed by atoms with Gasteiger partial charge >= 0.3 is 0 Å². The first-order valence-electron chi connectivity index (χ1n) is 4.70. The van der Waals surface area contributed by atoms with Gasteiger partial charge in [-0.25, -0.2) is 0 Å². The Morgan fingerprint density at radius 1 is 1.13 bits per heavy atom. The topological polar surface area (TPSA) is 66.7 Å². The highest BCUT2D eigenvalue weighted by Gasteiger charge is 2.03. The van der Waals surface area contributed by atoms with Crippen LogP contribution in [-0.2, 0) is 0 Å². The number of H-pyrrole nitrogens is 1. The Kier molecular flexibility index (Phi) is 1.63. The number of fused-ring (bicyclic) bond motifs is 3. The normalized spacial score (nSPS) is 11.0. The van der Waals surface area contributed by atoms with E-state index in [0.717, 1.165) is 27.5 Å². The van der Waals surface area contributed by atoms with Crippen molar-refractivity contribution in [1.82, 2.24) is 9.97 Å². The van der Waals surface area contributed by atoms with Gasteiger partial charge in [0.05, 0.1) is 5.69 Å². The highest BCUT2D eigenvalue weighted by molar-refractivity contribution is 6.07. The van der Waals surface area contributed by atoms with Gasteiger partial charge in [-0.15, -0.1) is 0 Å². The van der Waals surface area contributed by atoms with Crippen LogP contribution in [0.5, 0.6) is 0 Å². The van der Waals surface area contributed by atoms with E-state index in [9.17, 15) is 0 Å². The van der Waals surface area contributed by atoms with Gasteiger partial charge in [-0.2, -0.15) is 0 Å². The van der Waals surface area contributed by atoms with E-state index in [0.29, 0.717) is 0 Å². The van der Waals surface area contributed by atoms with Crippen molar-refractivity contribution in [3.8, 4) is 0 Å². The average molecular weight is 198 g/mol. The van der Waals surface area contributed by atoms with Crippen molar-refractivity contribution in [2.75, 3.05) is 5.43 Å². The van der Waals surface area contributed by atoms with Gasteiger partial charge in [-0.1, -0.05) is 6.07 Å². The Hall–Kier alpha value is -2.07. The van der Waals surface area contributed by atoms with Gasteiger partial charge in [0.2, 0.25) is 0 Å². The lowest BCUT2D eigenvalue weighted by molar-refractivity contribution is 1.35. The van der Waals surface area contributed by atoms with E-state index < -0.39 is 0 Å². The minimum atomic E-state index is 0.891. The van der Waals surface area contributed by atoms with Crippen LogP contribution in [-0.4, -0.2) is 9.97 Å². The number of hydrazine groups is 1. The second-order valence-corrected chi connectivity index (χ2v) is 3.45. The molecule has 74 valence electrons. The van der Waals surface area contributed by atoms with E-state index in [4.69, 9.17) is 5.84 Å². The van der Waals surface area contributed by atoms with Crippen LogP contribution in [0.15, 0.2) is 36.7 Å². The van der Waals surface area contributed by atoms with E-state index in [-0.39, 0.29) is 0 Å². The molecule has 0 aliphatic carbocycles. The number of hydrogen-bond donors (Lipinski definition) is 3. The molecule has 0 saturated heterocycles. The molecule has 0 fully saturated rings. The number of aromatic nitrogens is 2. The minimum Gasteiger partial charge on any atom is -0.354 e. The third kappa shape index (κ3) is 1.15. The predicted molar refractivity (Wildman–Crippen MR) is 61.4 cm³/mol. The maximum Gasteiger partial charge on any atom is 0.0506 e. The summed E-state index contributed by atoms with van der Waals surface area (Å²) in [6, 6.07) is 7.92. The molecule has 3 aromatic rings. The van der Waals surface area contributed by atoms with Crippen LogP contribution in [0, 0.1) is 0 Å². The number of nitrogens with zero attached hydrogens (tertiary/aromatic N) is 1. The van der Waals surface area contributed by atoms with Crippen LogP contribution < -0.4 is 11.3 Å². The van der Waals surface area contributed by atoms with Crippen LogP contribution >= 0.6 is 0 Å². The van der Waals surface area contributed by atoms with Gasteiger partial charge in [-0.05, 0) is 18.2 Å². The number of rotatable bonds is 1. The Labute approximate surface area is 86.1 Å². The number of nitrogens with one attached hydrogen (secondary N) is 2. The summed E-state index contributed by atoms with van der Waals surface area (Å²) in [7, 11) is 0. The first kappa shape index (κ1) is 8.26. The standard InChI is InChI=1S/C11H10N4/c12-15-7-1-2-8-9-6-13-4-3-10(9)14-11(8)5-7/h1-6,14-15H,12H2. The Bertz CT molecular complexity index is 627. The van der Waals surface area contributed by atoms with Crippen LogP contribution in [0.1, 0.15) is 0 Å². The predicted octanol–water partition coefficient (Wildman–Crippen LogP) is 2.00. The summed E-state index contributed by atoms with van der Waals surface area (Å²) in [5.41, 5.74) is 5.67. The fourth-order valence-electron chi connectivity index (χ4n) is 1.84. The molecule has 15 heavy (non-hydrogen) atoms. The number of aromatic amines is 1. The molecule has 2 aromatic heterocycles. The quantitative estimate of drug-likeness (QED) is 0.414. The van der Waals surface area contributed by atoms with E-state index in [2.05, 4.69) is 15.4 Å². The summed E-state index contributed by atoms with van der Waals surface area (Å²) < 4.78 is 0. The van der Waals surface area contributed by atoms with Crippen LogP contribution in [0.25, 0.3) is 21.8 Å². The van der Waals surface area contributed by atoms with E-state index in [1.165, 1.54) is 0 Å². The molecule has 4 N–H and O–H groups in total. The number of anilines is 1. The second kappa shape index (κ2) is 2.96. The van der Waals surface area contributed by atoms with Gasteiger partial charge in [0.1, 0.15) is 0 Å². The molecule has 4 heteroatoms. The Morgan fingerprint density at radius 2 is 2.07 bits per heavy atom. The Balaban J connectivity index is 2.43. The fourth-order valence-corrected chi connectivity index (χ4v) is 1.84. The first-order chi connectivity index (χ1) is 7.38. The molecule has 0 saturated carbocycles. The number of nitrogen functional groups attached to an aromatic ring is 1. The molecular weight excluding hydrogens is 188 g/mol. The van der Waals surface area contributed by atoms with Gasteiger partial charge in [-0.3, -0.25) is 10.8 Å². The summed E-state index contributed by atoms with van der Waals surface area (Å²) in [5.74, 6) is 5.36. The van der Waals surface area contributed by atoms with Crippen LogP contribution in [0.4, 0.5) is 5.69 Å². The molecule has 3 rings (SSSR count). The summed E-state index contributed by atoms with van der Waals surface area (Å²) in [5, 5.41) is 2.30. The molecule has 0 aliphatic rings. The zero-order valence-corrected chi connectivity index (χ0v) is 7.99. The third-order valence-corrected chi connectivity index (χ3v) is 2.57. The molecule has 0 aliphatic heterocycles. The zero-order chi connectivity index (χ0) is 10.3. The molecule has 0 radical (unpaired) electrons. The number of benzene rings is 1. The number of pyridine rings is 1. The van der Waals surface area contributed by atoms with Crippen molar-refractivity contribution in [2.24, 2.45) is 5.84 Å². The van der Waals surface area contributed by atoms with Crippen molar-refractivity contribution in [2.45, 2.75) is 0 Å². The van der Waals surface area contributed by atoms with Gasteiger partial charge in [0.15, 0.2) is 0 Å². The molecule has 2 heterocycles. The molecule has 0 amide bonds. The summed E-state index contributed by atoms with van der Waals surface area (Å²) in [6.07, 6.45) is 3.64. The summed E-state index contributed by atoms with van der Waals surface area (Å²) in [4.78, 5) is 7.43. The first-order valence-corrected chi connectivity index (χ1v) is 4.70. The third-order valence-electron chi connectivity index (χ3n) is 2.57. The maximum absolute atomic E-state index is 5.36. The van der Waals surface area contributed by atoms with Crippen molar-refractivity contribution < 1.29 is 0 Å². The van der Waals surface area contributed by atoms with E-state index in [1.54, 1.807) is 6.20 Å². The maximum atomic E-state index is 5.36. The zero-order valence-electron chi connectivity index (χ0n) is 7.99. The van der Waals surface area contributed by atoms with Gasteiger partial charge < -0.3 is 10.4 Å². The molecule has 4 nitrogen and oxygen atoms in total. The van der Waals surface area contributed by atoms with Crippen molar-refractivity contribution in [3.63, 3.8) is 0 Å². The highest BCUT2D eigenvalue weighted by Crippen LogP contribution is 2.26. The molecule has 0 unspecified atom stereocenters. The SMILES string of the molecule is NNc1ccc2c(c1)[nH]c1ccncc12. The minimum absolute atomic E-state index is 0.891. The largest absolute Gasteiger partial charge is 0.354 e. The van der Waals surface area contributed by atoms with E-state index >= 15 is 0 Å². The highest BCUT2D eigenvalue weighted by atomic mass is 15.2.